The van der Waals surface area contributed by atoms with Crippen LogP contribution < -0.4 is 11.2 Å². The van der Waals surface area contributed by atoms with Gasteiger partial charge in [-0.25, -0.2) is 5.01 Å². The number of aryl methyl sites for hydroxylation is 1. The third-order valence-corrected chi connectivity index (χ3v) is 1.94. The lowest BCUT2D eigenvalue weighted by Gasteiger charge is -2.11. The van der Waals surface area contributed by atoms with Crippen LogP contribution in [0.1, 0.15) is 12.0 Å². The number of benzene rings is 1. The smallest absolute Gasteiger partial charge is 0.234 e. The van der Waals surface area contributed by atoms with Crippen LogP contribution in [-0.2, 0) is 11.2 Å². The van der Waals surface area contributed by atoms with E-state index in [2.05, 4.69) is 5.43 Å². The van der Waals surface area contributed by atoms with Crippen molar-refractivity contribution >= 4 is 11.6 Å². The molecule has 1 rings (SSSR count). The molecule has 0 heterocycles. The number of nitrogens with two attached hydrogens (primary N) is 1. The number of hydrogen-bond donors (Lipinski definition) is 2. The van der Waals surface area contributed by atoms with Gasteiger partial charge in [0.1, 0.15) is 0 Å². The summed E-state index contributed by atoms with van der Waals surface area (Å²) in [5.41, 5.74) is 10.2. The predicted octanol–water partition coefficient (Wildman–Crippen LogP) is 0.794. The molecule has 0 aromatic heterocycles. The van der Waals surface area contributed by atoms with Crippen molar-refractivity contribution in [3.8, 4) is 0 Å². The van der Waals surface area contributed by atoms with Crippen LogP contribution in [0.2, 0.25) is 0 Å². The lowest BCUT2D eigenvalue weighted by molar-refractivity contribution is -0.124. The van der Waals surface area contributed by atoms with Gasteiger partial charge in [-0.2, -0.15) is 0 Å². The number of nitrogens with zero attached hydrogens (tertiary/aromatic N) is 1. The molecule has 0 spiro atoms. The largest absolute Gasteiger partial charge is 0.399 e. The highest BCUT2D eigenvalue weighted by Crippen LogP contribution is 2.08. The number of rotatable bonds is 4. The molecule has 3 N–H and O–H groups in total. The van der Waals surface area contributed by atoms with E-state index in [1.54, 1.807) is 19.1 Å². The first-order chi connectivity index (χ1) is 7.08. The summed E-state index contributed by atoms with van der Waals surface area (Å²) in [5, 5.41) is 1.64. The first-order valence-corrected chi connectivity index (χ1v) is 4.89. The van der Waals surface area contributed by atoms with Gasteiger partial charge < -0.3 is 5.73 Å². The number of carbonyl (C=O) groups is 1. The summed E-state index contributed by atoms with van der Waals surface area (Å²) in [7, 11) is 3.58. The van der Waals surface area contributed by atoms with Gasteiger partial charge in [-0.1, -0.05) is 12.1 Å². The minimum absolute atomic E-state index is 0.0161. The van der Waals surface area contributed by atoms with Crippen LogP contribution in [0.4, 0.5) is 5.69 Å². The van der Waals surface area contributed by atoms with Gasteiger partial charge in [0.05, 0.1) is 0 Å². The molecule has 0 aliphatic rings. The highest BCUT2D eigenvalue weighted by molar-refractivity contribution is 5.75. The summed E-state index contributed by atoms with van der Waals surface area (Å²) in [5.74, 6) is 0.0161. The maximum absolute atomic E-state index is 11.3. The molecular formula is C11H17N3O. The molecule has 4 nitrogen and oxygen atoms in total. The molecule has 82 valence electrons. The molecule has 0 unspecified atom stereocenters. The Morgan fingerprint density at radius 1 is 1.47 bits per heavy atom. The molecule has 0 saturated heterocycles. The van der Waals surface area contributed by atoms with Gasteiger partial charge in [0, 0.05) is 26.2 Å². The number of nitrogens with one attached hydrogen (secondary N) is 1. The molecule has 1 aromatic carbocycles. The van der Waals surface area contributed by atoms with Crippen molar-refractivity contribution in [2.75, 3.05) is 19.8 Å². The summed E-state index contributed by atoms with van der Waals surface area (Å²) >= 11 is 0. The lowest BCUT2D eigenvalue weighted by Crippen LogP contribution is -2.36. The first-order valence-electron chi connectivity index (χ1n) is 4.89. The Morgan fingerprint density at radius 2 is 2.20 bits per heavy atom. The standard InChI is InChI=1S/C11H17N3O/c1-14(2)13-11(15)7-6-9-4-3-5-10(12)8-9/h3-5,8H,6-7,12H2,1-2H3,(H,13,15). The monoisotopic (exact) mass is 207 g/mol. The summed E-state index contributed by atoms with van der Waals surface area (Å²) in [6.07, 6.45) is 1.19. The molecule has 0 aliphatic heterocycles. The number of hydrazine groups is 1. The molecule has 0 aliphatic carbocycles. The summed E-state index contributed by atoms with van der Waals surface area (Å²) in [6.45, 7) is 0. The van der Waals surface area contributed by atoms with E-state index in [0.29, 0.717) is 12.8 Å². The average Bonchev–Trinajstić information content (AvgIpc) is 2.14. The van der Waals surface area contributed by atoms with Crippen molar-refractivity contribution < 1.29 is 4.79 Å². The molecule has 0 radical (unpaired) electrons. The van der Waals surface area contributed by atoms with Gasteiger partial charge in [0.15, 0.2) is 0 Å². The van der Waals surface area contributed by atoms with Crippen molar-refractivity contribution in [1.82, 2.24) is 10.4 Å². The van der Waals surface area contributed by atoms with E-state index in [9.17, 15) is 4.79 Å². The number of amides is 1. The summed E-state index contributed by atoms with van der Waals surface area (Å²) in [6, 6.07) is 7.60. The van der Waals surface area contributed by atoms with Crippen LogP contribution in [0.25, 0.3) is 0 Å². The highest BCUT2D eigenvalue weighted by Gasteiger charge is 2.02. The lowest BCUT2D eigenvalue weighted by atomic mass is 10.1. The molecule has 0 bridgehead atoms. The van der Waals surface area contributed by atoms with Crippen molar-refractivity contribution in [1.29, 1.82) is 0 Å². The maximum Gasteiger partial charge on any atom is 0.234 e. The Hall–Kier alpha value is -1.55. The third kappa shape index (κ3) is 4.46. The maximum atomic E-state index is 11.3. The van der Waals surface area contributed by atoms with Crippen LogP contribution in [0.5, 0.6) is 0 Å². The second-order valence-electron chi connectivity index (χ2n) is 3.67. The van der Waals surface area contributed by atoms with Gasteiger partial charge in [-0.15, -0.1) is 0 Å². The Balaban J connectivity index is 2.40. The van der Waals surface area contributed by atoms with Gasteiger partial charge >= 0.3 is 0 Å². The average molecular weight is 207 g/mol. The Morgan fingerprint density at radius 3 is 2.80 bits per heavy atom. The Bertz CT molecular complexity index is 336. The number of nitrogen functional groups attached to an aromatic ring is 1. The Labute approximate surface area is 90.0 Å². The molecule has 4 heteroatoms. The molecule has 15 heavy (non-hydrogen) atoms. The van der Waals surface area contributed by atoms with Crippen molar-refractivity contribution in [3.63, 3.8) is 0 Å². The predicted molar refractivity (Wildman–Crippen MR) is 61.0 cm³/mol. The van der Waals surface area contributed by atoms with E-state index < -0.39 is 0 Å². The third-order valence-electron chi connectivity index (χ3n) is 1.94. The van der Waals surface area contributed by atoms with Crippen molar-refractivity contribution in [2.24, 2.45) is 0 Å². The minimum Gasteiger partial charge on any atom is -0.399 e. The van der Waals surface area contributed by atoms with E-state index in [4.69, 9.17) is 5.73 Å². The van der Waals surface area contributed by atoms with Crippen LogP contribution in [0, 0.1) is 0 Å². The number of anilines is 1. The molecule has 1 amide bonds. The minimum atomic E-state index is 0.0161. The first kappa shape index (κ1) is 11.5. The van der Waals surface area contributed by atoms with Crippen LogP contribution in [-0.4, -0.2) is 25.0 Å². The Kier molecular flexibility index (Phi) is 4.12. The van der Waals surface area contributed by atoms with E-state index in [1.165, 1.54) is 0 Å². The zero-order valence-electron chi connectivity index (χ0n) is 9.16. The van der Waals surface area contributed by atoms with Crippen molar-refractivity contribution in [3.05, 3.63) is 29.8 Å². The van der Waals surface area contributed by atoms with E-state index >= 15 is 0 Å². The van der Waals surface area contributed by atoms with Crippen LogP contribution in [0.3, 0.4) is 0 Å². The molecule has 0 saturated carbocycles. The van der Waals surface area contributed by atoms with Crippen LogP contribution in [0.15, 0.2) is 24.3 Å². The molecule has 0 atom stereocenters. The fraction of sp³-hybridized carbons (Fsp3) is 0.364. The fourth-order valence-corrected chi connectivity index (χ4v) is 1.31. The topological polar surface area (TPSA) is 58.4 Å². The number of hydrogen-bond acceptors (Lipinski definition) is 3. The van der Waals surface area contributed by atoms with E-state index in [0.717, 1.165) is 11.3 Å². The quantitative estimate of drug-likeness (QED) is 0.567. The van der Waals surface area contributed by atoms with Gasteiger partial charge in [0.2, 0.25) is 5.91 Å². The molecular weight excluding hydrogens is 190 g/mol. The molecule has 0 fully saturated rings. The van der Waals surface area contributed by atoms with E-state index in [1.807, 2.05) is 24.3 Å². The number of carbonyl (C=O) groups excluding carboxylic acids is 1. The zero-order valence-corrected chi connectivity index (χ0v) is 9.16. The normalized spacial score (nSPS) is 10.3. The van der Waals surface area contributed by atoms with Gasteiger partial charge in [0.25, 0.3) is 0 Å². The summed E-state index contributed by atoms with van der Waals surface area (Å²) in [4.78, 5) is 11.3. The molecule has 1 aromatic rings. The van der Waals surface area contributed by atoms with Gasteiger partial charge in [-0.3, -0.25) is 10.2 Å². The summed E-state index contributed by atoms with van der Waals surface area (Å²) < 4.78 is 0. The zero-order chi connectivity index (χ0) is 11.3. The highest BCUT2D eigenvalue weighted by atomic mass is 16.2. The second-order valence-corrected chi connectivity index (χ2v) is 3.67. The van der Waals surface area contributed by atoms with E-state index in [-0.39, 0.29) is 5.91 Å². The fourth-order valence-electron chi connectivity index (χ4n) is 1.31. The SMILES string of the molecule is CN(C)NC(=O)CCc1cccc(N)c1. The van der Waals surface area contributed by atoms with Gasteiger partial charge in [-0.05, 0) is 24.1 Å². The van der Waals surface area contributed by atoms with Crippen molar-refractivity contribution in [2.45, 2.75) is 12.8 Å². The van der Waals surface area contributed by atoms with Crippen LogP contribution >= 0.6 is 0 Å². The second kappa shape index (κ2) is 5.36.